The van der Waals surface area contributed by atoms with Crippen LogP contribution in [0.25, 0.3) is 0 Å². The van der Waals surface area contributed by atoms with E-state index in [2.05, 4.69) is 158 Å². The topological polar surface area (TPSA) is 18.5 Å². The third-order valence-corrected chi connectivity index (χ3v) is 10.2. The number of allylic oxidation sites excluding steroid dienone is 10. The average Bonchev–Trinajstić information content (AvgIpc) is 3.66. The quantitative estimate of drug-likeness (QED) is 0.237. The smallest absolute Gasteiger partial charge is 1.00 e. The van der Waals surface area contributed by atoms with Crippen molar-refractivity contribution in [2.75, 3.05) is 13.2 Å². The summed E-state index contributed by atoms with van der Waals surface area (Å²) in [5.41, 5.74) is 7.41. The van der Waals surface area contributed by atoms with E-state index >= 15 is 0 Å². The van der Waals surface area contributed by atoms with Crippen molar-refractivity contribution in [3.8, 4) is 0 Å². The van der Waals surface area contributed by atoms with Gasteiger partial charge in [0.25, 0.3) is 0 Å². The fourth-order valence-electron chi connectivity index (χ4n) is 7.69. The van der Waals surface area contributed by atoms with Gasteiger partial charge >= 0.3 is 43.4 Å². The van der Waals surface area contributed by atoms with Crippen LogP contribution >= 0.6 is 0 Å². The van der Waals surface area contributed by atoms with Gasteiger partial charge in [-0.1, -0.05) is 105 Å². The van der Waals surface area contributed by atoms with Gasteiger partial charge in [-0.25, -0.2) is 23.3 Å². The monoisotopic (exact) mass is 764 g/mol. The Kier molecular flexibility index (Phi) is 19.9. The fourth-order valence-corrected chi connectivity index (χ4v) is 7.69. The summed E-state index contributed by atoms with van der Waals surface area (Å²) in [7, 11) is 0. The minimum atomic E-state index is -0.295. The third-order valence-electron chi connectivity index (χ3n) is 10.2. The van der Waals surface area contributed by atoms with Gasteiger partial charge in [-0.05, 0) is 73.3 Å². The first-order valence-electron chi connectivity index (χ1n) is 16.9. The summed E-state index contributed by atoms with van der Waals surface area (Å²) in [5, 5.41) is 0. The molecule has 0 N–H and O–H groups in total. The molecule has 0 aliphatic heterocycles. The van der Waals surface area contributed by atoms with Crippen LogP contribution < -0.4 is 24.8 Å². The minimum absolute atomic E-state index is 0. The predicted octanol–water partition coefficient (Wildman–Crippen LogP) is 5.60. The summed E-state index contributed by atoms with van der Waals surface area (Å²) >= 11 is 0. The normalized spacial score (nSPS) is 23.7. The van der Waals surface area contributed by atoms with Crippen LogP contribution in [0.1, 0.15) is 123 Å². The van der Waals surface area contributed by atoms with Crippen LogP contribution in [0.5, 0.6) is 0 Å². The van der Waals surface area contributed by atoms with Crippen LogP contribution in [-0.2, 0) is 52.9 Å². The molecule has 4 aliphatic rings. The molecule has 2 nitrogen and oxygen atoms in total. The Morgan fingerprint density at radius 1 is 0.604 bits per heavy atom. The van der Waals surface area contributed by atoms with Gasteiger partial charge < -0.3 is 34.3 Å². The first-order chi connectivity index (χ1) is 20.3. The van der Waals surface area contributed by atoms with Crippen molar-refractivity contribution in [1.29, 1.82) is 0 Å². The van der Waals surface area contributed by atoms with Crippen molar-refractivity contribution in [3.05, 3.63) is 94.2 Å². The molecule has 6 heteroatoms. The molecule has 4 aliphatic carbocycles. The van der Waals surface area contributed by atoms with Crippen LogP contribution in [0.2, 0.25) is 0 Å². The third kappa shape index (κ3) is 10.0. The van der Waals surface area contributed by atoms with E-state index in [-0.39, 0.29) is 101 Å². The first kappa shape index (κ1) is 50.0. The van der Waals surface area contributed by atoms with Crippen LogP contribution in [-0.4, -0.2) is 24.4 Å². The number of ether oxygens (including phenoxy) is 2. The van der Waals surface area contributed by atoms with Crippen LogP contribution in [0.3, 0.4) is 0 Å². The van der Waals surface area contributed by atoms with E-state index in [0.29, 0.717) is 0 Å². The average molecular weight is 766 g/mol. The molecule has 0 aromatic heterocycles. The molecule has 0 fully saturated rings. The van der Waals surface area contributed by atoms with Crippen molar-refractivity contribution in [3.63, 3.8) is 0 Å². The second-order valence-corrected chi connectivity index (χ2v) is 16.1. The first-order valence-corrected chi connectivity index (χ1v) is 16.9. The molecule has 0 heterocycles. The molecule has 264 valence electrons. The molecule has 0 amide bonds. The fraction of sp³-hybridized carbons (Fsp3) is 0.619. The van der Waals surface area contributed by atoms with Gasteiger partial charge in [-0.2, -0.15) is 12.2 Å². The van der Waals surface area contributed by atoms with Crippen molar-refractivity contribution in [2.45, 2.75) is 134 Å². The minimum Gasteiger partial charge on any atom is -1.00 e. The van der Waals surface area contributed by atoms with Crippen LogP contribution in [0.4, 0.5) is 0 Å². The number of rotatable bonds is 8. The summed E-state index contributed by atoms with van der Waals surface area (Å²) in [6.07, 6.45) is 29.0. The Hall–Kier alpha value is -0.151. The maximum absolute atomic E-state index is 6.53. The molecule has 2 atom stereocenters. The van der Waals surface area contributed by atoms with Crippen molar-refractivity contribution in [2.24, 2.45) is 21.7 Å². The molecule has 0 radical (unpaired) electrons. The maximum atomic E-state index is 6.53. The molecule has 0 aromatic carbocycles. The largest absolute Gasteiger partial charge is 2.00 e. The molecule has 0 saturated carbocycles. The van der Waals surface area contributed by atoms with Gasteiger partial charge in [0, 0.05) is 13.2 Å². The standard InChI is InChI=1S/2C21H31O.2ClH.2Ti/c2*1-8-22-21(20(6,7)17-11-9-10-12-17)14-13-16(2)15-18(21)19(3,4)5;;;;/h2*9,11,13,15H,8,10,14H2,1-7H3;2*1H;;/q2*-1;;;2*+2/p-2. The second kappa shape index (κ2) is 19.1. The Morgan fingerprint density at radius 3 is 1.15 bits per heavy atom. The molecule has 0 bridgehead atoms. The summed E-state index contributed by atoms with van der Waals surface area (Å²) in [5.74, 6) is 0. The maximum Gasteiger partial charge on any atom is 2.00 e. The van der Waals surface area contributed by atoms with Crippen molar-refractivity contribution < 1.29 is 77.7 Å². The van der Waals surface area contributed by atoms with E-state index in [1.165, 1.54) is 33.4 Å². The zero-order valence-corrected chi connectivity index (χ0v) is 37.1. The molecule has 0 saturated heterocycles. The summed E-state index contributed by atoms with van der Waals surface area (Å²) in [4.78, 5) is 0. The predicted molar refractivity (Wildman–Crippen MR) is 189 cm³/mol. The van der Waals surface area contributed by atoms with Crippen molar-refractivity contribution in [1.82, 2.24) is 0 Å². The van der Waals surface area contributed by atoms with Gasteiger partial charge in [0.05, 0.1) is 11.2 Å². The van der Waals surface area contributed by atoms with E-state index in [9.17, 15) is 0 Å². The number of hydrogen-bond acceptors (Lipinski definition) is 2. The molecular formula is C42H62Cl2O2Ti2. The number of halogens is 2. The summed E-state index contributed by atoms with van der Waals surface area (Å²) < 4.78 is 13.1. The Morgan fingerprint density at radius 2 is 0.917 bits per heavy atom. The summed E-state index contributed by atoms with van der Waals surface area (Å²) in [6.45, 7) is 33.1. The van der Waals surface area contributed by atoms with E-state index in [4.69, 9.17) is 9.47 Å². The molecule has 4 rings (SSSR count). The zero-order valence-electron chi connectivity index (χ0n) is 32.4. The SMILES string of the molecule is CCOC1(C(C)(C)C2=[C-]CC=C2)CC=C(C)C=C1C(C)(C)C.CCOC1(C(C)(C)C2=[C-]CC=C2)CC=C(C)C=C1C(C)(C)C.[Cl-].[Cl-].[Ti+2].[Ti+2]. The molecule has 0 aromatic rings. The van der Waals surface area contributed by atoms with Gasteiger partial charge in [-0.3, -0.25) is 12.2 Å². The van der Waals surface area contributed by atoms with E-state index in [1.54, 1.807) is 0 Å². The molecule has 0 spiro atoms. The van der Waals surface area contributed by atoms with Crippen molar-refractivity contribution >= 4 is 0 Å². The summed E-state index contributed by atoms with van der Waals surface area (Å²) in [6, 6.07) is 0. The van der Waals surface area contributed by atoms with Gasteiger partial charge in [0.1, 0.15) is 0 Å². The second-order valence-electron chi connectivity index (χ2n) is 16.1. The Bertz CT molecular complexity index is 1220. The van der Waals surface area contributed by atoms with E-state index in [0.717, 1.165) is 38.9 Å². The molecular weight excluding hydrogens is 703 g/mol. The van der Waals surface area contributed by atoms with Crippen LogP contribution in [0, 0.1) is 33.8 Å². The molecule has 2 unspecified atom stereocenters. The number of hydrogen-bond donors (Lipinski definition) is 0. The van der Waals surface area contributed by atoms with Gasteiger partial charge in [-0.15, -0.1) is 12.8 Å². The Labute approximate surface area is 338 Å². The van der Waals surface area contributed by atoms with Gasteiger partial charge in [0.2, 0.25) is 0 Å². The van der Waals surface area contributed by atoms with Gasteiger partial charge in [0.15, 0.2) is 0 Å². The van der Waals surface area contributed by atoms with Crippen LogP contribution in [0.15, 0.2) is 82.0 Å². The zero-order chi connectivity index (χ0) is 33.2. The molecule has 48 heavy (non-hydrogen) atoms. The Balaban J connectivity index is 0. The van der Waals surface area contributed by atoms with E-state index < -0.39 is 0 Å². The van der Waals surface area contributed by atoms with E-state index in [1.807, 2.05) is 0 Å².